The summed E-state index contributed by atoms with van der Waals surface area (Å²) in [6.45, 7) is 6.61. The van der Waals surface area contributed by atoms with Crippen LogP contribution in [0.3, 0.4) is 0 Å². The lowest BCUT2D eigenvalue weighted by Crippen LogP contribution is -2.58. The van der Waals surface area contributed by atoms with Gasteiger partial charge in [0.1, 0.15) is 11.2 Å². The summed E-state index contributed by atoms with van der Waals surface area (Å²) in [5.41, 5.74) is 16.6. The van der Waals surface area contributed by atoms with Crippen LogP contribution in [-0.2, 0) is 5.41 Å². The van der Waals surface area contributed by atoms with E-state index in [1.54, 1.807) is 0 Å². The SMILES string of the molecule is CC(C)(C)c1ccc(-c2nc3ccc(N4C(N)=NC(N)=NC45CCCCC5)cc3o2)cc1. The molecule has 0 bridgehead atoms. The third kappa shape index (κ3) is 3.51. The Balaban J connectivity index is 1.52. The third-order valence-electron chi connectivity index (χ3n) is 6.48. The predicted molar refractivity (Wildman–Crippen MR) is 130 cm³/mol. The minimum Gasteiger partial charge on any atom is -0.436 e. The molecule has 32 heavy (non-hydrogen) atoms. The number of aliphatic imine (C=N–C) groups is 2. The summed E-state index contributed by atoms with van der Waals surface area (Å²) < 4.78 is 6.16. The number of nitrogens with zero attached hydrogens (tertiary/aromatic N) is 4. The summed E-state index contributed by atoms with van der Waals surface area (Å²) in [6, 6.07) is 14.3. The Morgan fingerprint density at radius 1 is 0.969 bits per heavy atom. The molecule has 2 aliphatic rings. The van der Waals surface area contributed by atoms with Crippen LogP contribution in [0.4, 0.5) is 5.69 Å². The molecule has 1 spiro atoms. The summed E-state index contributed by atoms with van der Waals surface area (Å²) in [6.07, 6.45) is 5.15. The molecule has 1 aliphatic carbocycles. The van der Waals surface area contributed by atoms with Gasteiger partial charge in [0, 0.05) is 11.6 Å². The smallest absolute Gasteiger partial charge is 0.227 e. The van der Waals surface area contributed by atoms with E-state index in [0.717, 1.165) is 42.5 Å². The zero-order valence-corrected chi connectivity index (χ0v) is 18.9. The molecule has 1 saturated carbocycles. The number of benzene rings is 2. The highest BCUT2D eigenvalue weighted by Gasteiger charge is 2.42. The van der Waals surface area contributed by atoms with Gasteiger partial charge in [0.2, 0.25) is 17.8 Å². The average molecular weight is 431 g/mol. The van der Waals surface area contributed by atoms with Crippen molar-refractivity contribution in [1.29, 1.82) is 0 Å². The van der Waals surface area contributed by atoms with Crippen molar-refractivity contribution in [2.24, 2.45) is 21.5 Å². The Hall–Kier alpha value is -3.35. The second kappa shape index (κ2) is 7.36. The number of fused-ring (bicyclic) bond motifs is 1. The first kappa shape index (κ1) is 20.5. The van der Waals surface area contributed by atoms with Gasteiger partial charge in [-0.3, -0.25) is 4.90 Å². The molecule has 0 atom stereocenters. The van der Waals surface area contributed by atoms with E-state index in [1.807, 2.05) is 23.1 Å². The van der Waals surface area contributed by atoms with Gasteiger partial charge in [0.25, 0.3) is 0 Å². The second-order valence-corrected chi connectivity index (χ2v) is 9.82. The number of anilines is 1. The van der Waals surface area contributed by atoms with Crippen LogP contribution in [-0.4, -0.2) is 22.6 Å². The van der Waals surface area contributed by atoms with Crippen molar-refractivity contribution in [3.8, 4) is 11.5 Å². The monoisotopic (exact) mass is 430 g/mol. The van der Waals surface area contributed by atoms with Crippen molar-refractivity contribution in [2.75, 3.05) is 4.90 Å². The lowest BCUT2D eigenvalue weighted by molar-refractivity contribution is 0.305. The topological polar surface area (TPSA) is 106 Å². The van der Waals surface area contributed by atoms with Crippen molar-refractivity contribution >= 4 is 28.7 Å². The molecular formula is C25H30N6O. The zero-order chi connectivity index (χ0) is 22.5. The van der Waals surface area contributed by atoms with E-state index in [2.05, 4.69) is 50.0 Å². The molecule has 1 aliphatic heterocycles. The summed E-state index contributed by atoms with van der Waals surface area (Å²) in [5.74, 6) is 1.23. The van der Waals surface area contributed by atoms with Gasteiger partial charge in [-0.1, -0.05) is 39.3 Å². The zero-order valence-electron chi connectivity index (χ0n) is 18.9. The fourth-order valence-electron chi connectivity index (χ4n) is 4.78. The van der Waals surface area contributed by atoms with Crippen LogP contribution >= 0.6 is 0 Å². The van der Waals surface area contributed by atoms with E-state index in [4.69, 9.17) is 25.9 Å². The standard InChI is InChI=1S/C25H30N6O/c1-24(2,3)17-9-7-16(8-10-17)21-28-19-12-11-18(15-20(19)32-21)31-23(27)29-22(26)30-25(31)13-5-4-6-14-25/h7-12,15H,4-6,13-14H2,1-3H3,(H4,26,27,29,30). The van der Waals surface area contributed by atoms with Crippen molar-refractivity contribution < 1.29 is 4.42 Å². The maximum absolute atomic E-state index is 6.37. The minimum atomic E-state index is -0.479. The molecule has 0 saturated heterocycles. The fourth-order valence-corrected chi connectivity index (χ4v) is 4.78. The fraction of sp³-hybridized carbons (Fsp3) is 0.400. The summed E-state index contributed by atoms with van der Waals surface area (Å²) >= 11 is 0. The van der Waals surface area contributed by atoms with E-state index in [0.29, 0.717) is 17.4 Å². The van der Waals surface area contributed by atoms with Gasteiger partial charge in [-0.15, -0.1) is 0 Å². The first-order valence-electron chi connectivity index (χ1n) is 11.3. The Morgan fingerprint density at radius 3 is 2.38 bits per heavy atom. The van der Waals surface area contributed by atoms with Gasteiger partial charge in [0.15, 0.2) is 5.58 Å². The molecular weight excluding hydrogens is 400 g/mol. The summed E-state index contributed by atoms with van der Waals surface area (Å²) in [5, 5.41) is 0. The van der Waals surface area contributed by atoms with Crippen LogP contribution in [0.25, 0.3) is 22.6 Å². The van der Waals surface area contributed by atoms with E-state index in [1.165, 1.54) is 12.0 Å². The first-order valence-corrected chi connectivity index (χ1v) is 11.3. The van der Waals surface area contributed by atoms with Gasteiger partial charge in [0.05, 0.1) is 5.69 Å². The molecule has 166 valence electrons. The second-order valence-electron chi connectivity index (χ2n) is 9.82. The molecule has 4 N–H and O–H groups in total. The van der Waals surface area contributed by atoms with Crippen molar-refractivity contribution in [2.45, 2.75) is 64.0 Å². The van der Waals surface area contributed by atoms with Crippen LogP contribution in [0.1, 0.15) is 58.4 Å². The van der Waals surface area contributed by atoms with Crippen LogP contribution in [0.15, 0.2) is 56.9 Å². The molecule has 3 aromatic rings. The quantitative estimate of drug-likeness (QED) is 0.601. The molecule has 0 unspecified atom stereocenters. The lowest BCUT2D eigenvalue weighted by atomic mass is 9.87. The van der Waals surface area contributed by atoms with Crippen LogP contribution in [0.5, 0.6) is 0 Å². The average Bonchev–Trinajstić information content (AvgIpc) is 3.17. The van der Waals surface area contributed by atoms with Crippen LogP contribution in [0.2, 0.25) is 0 Å². The Kier molecular flexibility index (Phi) is 4.73. The van der Waals surface area contributed by atoms with Crippen molar-refractivity contribution in [3.05, 3.63) is 48.0 Å². The number of guanidine groups is 2. The summed E-state index contributed by atoms with van der Waals surface area (Å²) in [4.78, 5) is 15.7. The van der Waals surface area contributed by atoms with Crippen molar-refractivity contribution in [1.82, 2.24) is 4.98 Å². The molecule has 0 radical (unpaired) electrons. The highest BCUT2D eigenvalue weighted by atomic mass is 16.3. The molecule has 1 aromatic heterocycles. The Bertz CT molecular complexity index is 1210. The highest BCUT2D eigenvalue weighted by molar-refractivity contribution is 6.06. The van der Waals surface area contributed by atoms with E-state index in [9.17, 15) is 0 Å². The first-order chi connectivity index (χ1) is 15.2. The molecule has 7 heteroatoms. The van der Waals surface area contributed by atoms with Gasteiger partial charge in [-0.25, -0.2) is 9.98 Å². The number of aromatic nitrogens is 1. The molecule has 2 heterocycles. The van der Waals surface area contributed by atoms with E-state index in [-0.39, 0.29) is 11.4 Å². The molecule has 7 nitrogen and oxygen atoms in total. The number of hydrogen-bond donors (Lipinski definition) is 2. The summed E-state index contributed by atoms with van der Waals surface area (Å²) in [7, 11) is 0. The molecule has 0 amide bonds. The normalized spacial score (nSPS) is 18.7. The van der Waals surface area contributed by atoms with Gasteiger partial charge >= 0.3 is 0 Å². The number of nitrogens with two attached hydrogens (primary N) is 2. The van der Waals surface area contributed by atoms with Gasteiger partial charge in [-0.2, -0.15) is 4.99 Å². The third-order valence-corrected chi connectivity index (χ3v) is 6.48. The van der Waals surface area contributed by atoms with E-state index < -0.39 is 5.66 Å². The Labute approximate surface area is 188 Å². The highest BCUT2D eigenvalue weighted by Crippen LogP contribution is 2.40. The molecule has 1 fully saturated rings. The minimum absolute atomic E-state index is 0.103. The number of rotatable bonds is 2. The molecule has 5 rings (SSSR count). The lowest BCUT2D eigenvalue weighted by Gasteiger charge is -2.45. The predicted octanol–water partition coefficient (Wildman–Crippen LogP) is 4.90. The van der Waals surface area contributed by atoms with Crippen LogP contribution < -0.4 is 16.4 Å². The van der Waals surface area contributed by atoms with Crippen LogP contribution in [0, 0.1) is 0 Å². The maximum Gasteiger partial charge on any atom is 0.227 e. The number of oxazole rings is 1. The van der Waals surface area contributed by atoms with Gasteiger partial charge < -0.3 is 15.9 Å². The van der Waals surface area contributed by atoms with Crippen molar-refractivity contribution in [3.63, 3.8) is 0 Å². The van der Waals surface area contributed by atoms with E-state index >= 15 is 0 Å². The Morgan fingerprint density at radius 2 is 1.69 bits per heavy atom. The molecule has 2 aromatic carbocycles. The number of hydrogen-bond acceptors (Lipinski definition) is 7. The van der Waals surface area contributed by atoms with Gasteiger partial charge in [-0.05, 0) is 60.9 Å². The maximum atomic E-state index is 6.37. The largest absolute Gasteiger partial charge is 0.436 e.